The molecule has 0 aliphatic carbocycles. The molecular formula is C11H14N2O3S. The lowest BCUT2D eigenvalue weighted by Gasteiger charge is -2.18. The number of hydrogen-bond acceptors (Lipinski definition) is 6. The predicted molar refractivity (Wildman–Crippen MR) is 62.2 cm³/mol. The Bertz CT molecular complexity index is 415. The van der Waals surface area contributed by atoms with E-state index in [1.807, 2.05) is 0 Å². The third-order valence-corrected chi connectivity index (χ3v) is 4.26. The maximum absolute atomic E-state index is 11.6. The number of ether oxygens (including phenoxy) is 1. The van der Waals surface area contributed by atoms with Gasteiger partial charge in [-0.3, -0.25) is 4.79 Å². The summed E-state index contributed by atoms with van der Waals surface area (Å²) >= 11 is 1.63. The van der Waals surface area contributed by atoms with Crippen LogP contribution in [0.25, 0.3) is 0 Å². The van der Waals surface area contributed by atoms with Crippen molar-refractivity contribution in [3.63, 3.8) is 0 Å². The molecule has 1 aromatic heterocycles. The van der Waals surface area contributed by atoms with Crippen LogP contribution in [0.15, 0.2) is 4.52 Å². The maximum atomic E-state index is 11.6. The van der Waals surface area contributed by atoms with Crippen LogP contribution in [0.2, 0.25) is 0 Å². The van der Waals surface area contributed by atoms with E-state index in [0.717, 1.165) is 25.2 Å². The van der Waals surface area contributed by atoms with Gasteiger partial charge in [0.2, 0.25) is 5.89 Å². The summed E-state index contributed by atoms with van der Waals surface area (Å²) in [6, 6.07) is 0. The van der Waals surface area contributed by atoms with Crippen LogP contribution in [0, 0.1) is 0 Å². The zero-order valence-corrected chi connectivity index (χ0v) is 10.2. The molecule has 1 aromatic rings. The van der Waals surface area contributed by atoms with Gasteiger partial charge in [-0.1, -0.05) is 5.16 Å². The van der Waals surface area contributed by atoms with Crippen molar-refractivity contribution in [3.8, 4) is 0 Å². The fraction of sp³-hybridized carbons (Fsp3) is 0.727. The first-order valence-corrected chi connectivity index (χ1v) is 7.02. The Morgan fingerprint density at radius 3 is 3.06 bits per heavy atom. The first-order chi connectivity index (χ1) is 8.34. The van der Waals surface area contributed by atoms with E-state index in [1.165, 1.54) is 0 Å². The van der Waals surface area contributed by atoms with Crippen LogP contribution in [-0.4, -0.2) is 40.6 Å². The quantitative estimate of drug-likeness (QED) is 0.794. The number of carbonyl (C=O) groups excluding carboxylic acids is 1. The molecule has 0 aromatic carbocycles. The molecule has 2 aliphatic rings. The van der Waals surface area contributed by atoms with Crippen molar-refractivity contribution in [2.75, 3.05) is 24.7 Å². The summed E-state index contributed by atoms with van der Waals surface area (Å²) in [4.78, 5) is 16.0. The normalized spacial score (nSPS) is 29.8. The van der Waals surface area contributed by atoms with Crippen molar-refractivity contribution in [2.45, 2.75) is 24.7 Å². The van der Waals surface area contributed by atoms with Crippen LogP contribution in [0.4, 0.5) is 0 Å². The molecule has 0 radical (unpaired) electrons. The molecule has 92 valence electrons. The highest BCUT2D eigenvalue weighted by molar-refractivity contribution is 8.00. The molecule has 2 fully saturated rings. The summed E-state index contributed by atoms with van der Waals surface area (Å²) in [5.74, 6) is 2.75. The third kappa shape index (κ3) is 2.24. The van der Waals surface area contributed by atoms with Gasteiger partial charge in [0.25, 0.3) is 0 Å². The van der Waals surface area contributed by atoms with Crippen molar-refractivity contribution in [1.82, 2.24) is 10.1 Å². The largest absolute Gasteiger partial charge is 0.381 e. The van der Waals surface area contributed by atoms with Crippen molar-refractivity contribution in [2.24, 2.45) is 0 Å². The summed E-state index contributed by atoms with van der Waals surface area (Å²) in [5.41, 5.74) is 0. The molecule has 3 rings (SSSR count). The van der Waals surface area contributed by atoms with Crippen LogP contribution < -0.4 is 0 Å². The third-order valence-electron chi connectivity index (χ3n) is 3.20. The Morgan fingerprint density at radius 1 is 1.41 bits per heavy atom. The van der Waals surface area contributed by atoms with Gasteiger partial charge >= 0.3 is 0 Å². The highest BCUT2D eigenvalue weighted by Gasteiger charge is 2.32. The summed E-state index contributed by atoms with van der Waals surface area (Å²) in [6.07, 6.45) is 2.07. The average Bonchev–Trinajstić information content (AvgIpc) is 2.98. The zero-order valence-electron chi connectivity index (χ0n) is 9.42. The van der Waals surface area contributed by atoms with Crippen molar-refractivity contribution in [3.05, 3.63) is 11.7 Å². The molecule has 3 heterocycles. The van der Waals surface area contributed by atoms with E-state index in [-0.39, 0.29) is 17.6 Å². The smallest absolute Gasteiger partial charge is 0.238 e. The molecule has 0 spiro atoms. The summed E-state index contributed by atoms with van der Waals surface area (Å²) < 4.78 is 10.6. The zero-order chi connectivity index (χ0) is 11.7. The molecule has 6 heteroatoms. The molecule has 17 heavy (non-hydrogen) atoms. The highest BCUT2D eigenvalue weighted by Crippen LogP contribution is 2.30. The van der Waals surface area contributed by atoms with Gasteiger partial charge < -0.3 is 9.26 Å². The fourth-order valence-electron chi connectivity index (χ4n) is 2.18. The second-order valence-electron chi connectivity index (χ2n) is 4.44. The molecule has 0 amide bonds. The van der Waals surface area contributed by atoms with Gasteiger partial charge in [-0.2, -0.15) is 16.7 Å². The Kier molecular flexibility index (Phi) is 3.15. The van der Waals surface area contributed by atoms with Crippen LogP contribution in [0.1, 0.15) is 36.4 Å². The number of hydrogen-bond donors (Lipinski definition) is 0. The van der Waals surface area contributed by atoms with Crippen LogP contribution in [0.5, 0.6) is 0 Å². The van der Waals surface area contributed by atoms with Crippen LogP contribution in [-0.2, 0) is 9.53 Å². The molecular weight excluding hydrogens is 240 g/mol. The topological polar surface area (TPSA) is 65.2 Å². The van der Waals surface area contributed by atoms with E-state index < -0.39 is 0 Å². The minimum Gasteiger partial charge on any atom is -0.381 e. The Balaban J connectivity index is 1.75. The van der Waals surface area contributed by atoms with Gasteiger partial charge in [0, 0.05) is 18.3 Å². The first-order valence-electron chi connectivity index (χ1n) is 5.86. The minimum atomic E-state index is -0.189. The average molecular weight is 254 g/mol. The Morgan fingerprint density at radius 2 is 2.35 bits per heavy atom. The summed E-state index contributed by atoms with van der Waals surface area (Å²) in [6.45, 7) is 1.48. The number of ketones is 1. The van der Waals surface area contributed by atoms with Crippen molar-refractivity contribution in [1.29, 1.82) is 0 Å². The van der Waals surface area contributed by atoms with Crippen LogP contribution in [0.3, 0.4) is 0 Å². The predicted octanol–water partition coefficient (Wildman–Crippen LogP) is 1.36. The summed E-state index contributed by atoms with van der Waals surface area (Å²) in [7, 11) is 0. The first kappa shape index (κ1) is 11.2. The molecule has 2 atom stereocenters. The molecule has 0 saturated carbocycles. The van der Waals surface area contributed by atoms with E-state index in [1.54, 1.807) is 11.8 Å². The van der Waals surface area contributed by atoms with Crippen molar-refractivity contribution >= 4 is 17.5 Å². The van der Waals surface area contributed by atoms with E-state index in [2.05, 4.69) is 10.1 Å². The van der Waals surface area contributed by atoms with E-state index >= 15 is 0 Å². The van der Waals surface area contributed by atoms with Gasteiger partial charge in [0.05, 0.1) is 12.4 Å². The standard InChI is InChI=1S/C11H14N2O3S/c14-9-6-17-5-8(9)11-12-10(13-16-11)7-2-1-3-15-4-7/h7-8H,1-6H2. The highest BCUT2D eigenvalue weighted by atomic mass is 32.2. The molecule has 2 saturated heterocycles. The van der Waals surface area contributed by atoms with Gasteiger partial charge in [0.15, 0.2) is 11.6 Å². The molecule has 0 N–H and O–H groups in total. The lowest BCUT2D eigenvalue weighted by molar-refractivity contribution is -0.117. The molecule has 5 nitrogen and oxygen atoms in total. The van der Waals surface area contributed by atoms with Gasteiger partial charge in [-0.25, -0.2) is 0 Å². The minimum absolute atomic E-state index is 0.189. The number of carbonyl (C=O) groups is 1. The lowest BCUT2D eigenvalue weighted by atomic mass is 10.0. The van der Waals surface area contributed by atoms with Gasteiger partial charge in [0.1, 0.15) is 5.92 Å². The monoisotopic (exact) mass is 254 g/mol. The second-order valence-corrected chi connectivity index (χ2v) is 5.47. The fourth-order valence-corrected chi connectivity index (χ4v) is 3.26. The van der Waals surface area contributed by atoms with Crippen molar-refractivity contribution < 1.29 is 14.1 Å². The second kappa shape index (κ2) is 4.78. The van der Waals surface area contributed by atoms with E-state index in [4.69, 9.17) is 9.26 Å². The number of thioether (sulfide) groups is 1. The SMILES string of the molecule is O=C1CSCC1c1nc(C2CCCOC2)no1. The number of aromatic nitrogens is 2. The van der Waals surface area contributed by atoms with Gasteiger partial charge in [-0.15, -0.1) is 0 Å². The maximum Gasteiger partial charge on any atom is 0.238 e. The lowest BCUT2D eigenvalue weighted by Crippen LogP contribution is -2.17. The van der Waals surface area contributed by atoms with E-state index in [0.29, 0.717) is 24.1 Å². The molecule has 0 bridgehead atoms. The Hall–Kier alpha value is -0.880. The van der Waals surface area contributed by atoms with Gasteiger partial charge in [-0.05, 0) is 12.8 Å². The molecule has 2 aliphatic heterocycles. The van der Waals surface area contributed by atoms with Crippen LogP contribution >= 0.6 is 11.8 Å². The number of nitrogens with zero attached hydrogens (tertiary/aromatic N) is 2. The van der Waals surface area contributed by atoms with E-state index in [9.17, 15) is 4.79 Å². The summed E-state index contributed by atoms with van der Waals surface area (Å²) in [5, 5.41) is 3.99. The number of Topliss-reactive ketones (excluding diaryl/α,β-unsaturated/α-hetero) is 1. The molecule has 2 unspecified atom stereocenters. The Labute approximate surface area is 103 Å². The number of rotatable bonds is 2.